The number of aryl methyl sites for hydroxylation is 1. The molecular weight excluding hydrogens is 226 g/mol. The third kappa shape index (κ3) is 2.58. The quantitative estimate of drug-likeness (QED) is 0.777. The summed E-state index contributed by atoms with van der Waals surface area (Å²) in [6.07, 6.45) is 2.25. The van der Waals surface area contributed by atoms with Gasteiger partial charge in [-0.3, -0.25) is 0 Å². The van der Waals surface area contributed by atoms with Crippen LogP contribution in [0.15, 0.2) is 35.7 Å². The Morgan fingerprint density at radius 3 is 2.53 bits per heavy atom. The van der Waals surface area contributed by atoms with Crippen LogP contribution in [0.4, 0.5) is 0 Å². The second kappa shape index (κ2) is 5.01. The van der Waals surface area contributed by atoms with E-state index < -0.39 is 0 Å². The maximum absolute atomic E-state index is 4.77. The molecule has 0 atom stereocenters. The average Bonchev–Trinajstić information content (AvgIpc) is 2.80. The fourth-order valence-electron chi connectivity index (χ4n) is 1.94. The number of thiazole rings is 1. The molecule has 90 valence electrons. The normalized spacial score (nSPS) is 11.7. The first kappa shape index (κ1) is 12.3. The van der Waals surface area contributed by atoms with Crippen LogP contribution >= 0.6 is 11.3 Å². The monoisotopic (exact) mass is 245 g/mol. The zero-order valence-corrected chi connectivity index (χ0v) is 11.6. The Morgan fingerprint density at radius 2 is 1.88 bits per heavy atom. The van der Waals surface area contributed by atoms with Crippen LogP contribution in [-0.4, -0.2) is 4.98 Å². The van der Waals surface area contributed by atoms with Crippen LogP contribution in [0.1, 0.15) is 43.5 Å². The summed E-state index contributed by atoms with van der Waals surface area (Å²) < 4.78 is 0. The van der Waals surface area contributed by atoms with Gasteiger partial charge in [-0.2, -0.15) is 0 Å². The Morgan fingerprint density at radius 1 is 1.18 bits per heavy atom. The van der Waals surface area contributed by atoms with Crippen LogP contribution < -0.4 is 0 Å². The van der Waals surface area contributed by atoms with E-state index >= 15 is 0 Å². The molecule has 1 aromatic carbocycles. The van der Waals surface area contributed by atoms with Gasteiger partial charge in [-0.15, -0.1) is 11.3 Å². The lowest BCUT2D eigenvalue weighted by Crippen LogP contribution is -2.18. The first-order valence-corrected chi connectivity index (χ1v) is 7.03. The van der Waals surface area contributed by atoms with Crippen molar-refractivity contribution in [2.75, 3.05) is 0 Å². The predicted octanol–water partition coefficient (Wildman–Crippen LogP) is 4.42. The van der Waals surface area contributed by atoms with Crippen LogP contribution in [-0.2, 0) is 11.8 Å². The number of benzene rings is 1. The largest absolute Gasteiger partial charge is 0.245 e. The van der Waals surface area contributed by atoms with Crippen molar-refractivity contribution in [2.24, 2.45) is 0 Å². The lowest BCUT2D eigenvalue weighted by atomic mass is 9.85. The summed E-state index contributed by atoms with van der Waals surface area (Å²) in [5.41, 5.74) is 2.58. The Labute approximate surface area is 108 Å². The highest BCUT2D eigenvalue weighted by molar-refractivity contribution is 7.09. The lowest BCUT2D eigenvalue weighted by Gasteiger charge is -2.22. The van der Waals surface area contributed by atoms with Crippen molar-refractivity contribution in [2.45, 2.75) is 39.0 Å². The van der Waals surface area contributed by atoms with Crippen molar-refractivity contribution in [3.63, 3.8) is 0 Å². The van der Waals surface area contributed by atoms with Gasteiger partial charge in [0.05, 0.1) is 5.69 Å². The molecule has 0 aliphatic carbocycles. The van der Waals surface area contributed by atoms with Gasteiger partial charge >= 0.3 is 0 Å². The zero-order valence-electron chi connectivity index (χ0n) is 10.7. The molecule has 17 heavy (non-hydrogen) atoms. The molecule has 0 aliphatic rings. The van der Waals surface area contributed by atoms with Gasteiger partial charge in [0.2, 0.25) is 0 Å². The van der Waals surface area contributed by atoms with E-state index in [-0.39, 0.29) is 5.41 Å². The van der Waals surface area contributed by atoms with E-state index in [1.807, 2.05) is 0 Å². The summed E-state index contributed by atoms with van der Waals surface area (Å²) in [4.78, 5) is 4.77. The molecule has 0 N–H and O–H groups in total. The van der Waals surface area contributed by atoms with Gasteiger partial charge in [0, 0.05) is 10.8 Å². The van der Waals surface area contributed by atoms with Crippen LogP contribution in [0.25, 0.3) is 0 Å². The highest BCUT2D eigenvalue weighted by atomic mass is 32.1. The molecule has 0 aliphatic heterocycles. The van der Waals surface area contributed by atoms with Gasteiger partial charge < -0.3 is 0 Å². The molecule has 2 heteroatoms. The molecule has 1 aromatic heterocycles. The van der Waals surface area contributed by atoms with Gasteiger partial charge in [-0.1, -0.05) is 43.7 Å². The van der Waals surface area contributed by atoms with E-state index in [1.54, 1.807) is 11.3 Å². The first-order valence-electron chi connectivity index (χ1n) is 6.15. The van der Waals surface area contributed by atoms with Gasteiger partial charge in [-0.25, -0.2) is 4.98 Å². The second-order valence-electron chi connectivity index (χ2n) is 4.89. The summed E-state index contributed by atoms with van der Waals surface area (Å²) in [7, 11) is 0. The molecule has 0 saturated heterocycles. The van der Waals surface area contributed by atoms with E-state index in [0.717, 1.165) is 12.8 Å². The van der Waals surface area contributed by atoms with E-state index in [2.05, 4.69) is 56.5 Å². The molecule has 0 amide bonds. The van der Waals surface area contributed by atoms with E-state index in [4.69, 9.17) is 4.98 Å². The van der Waals surface area contributed by atoms with E-state index in [1.165, 1.54) is 16.3 Å². The summed E-state index contributed by atoms with van der Waals surface area (Å²) in [5.74, 6) is 0. The van der Waals surface area contributed by atoms with Gasteiger partial charge in [0.1, 0.15) is 5.01 Å². The van der Waals surface area contributed by atoms with Gasteiger partial charge in [0.15, 0.2) is 0 Å². The molecule has 0 fully saturated rings. The minimum Gasteiger partial charge on any atom is -0.245 e. The van der Waals surface area contributed by atoms with Crippen LogP contribution in [0.5, 0.6) is 0 Å². The van der Waals surface area contributed by atoms with Gasteiger partial charge in [-0.05, 0) is 25.8 Å². The predicted molar refractivity (Wildman–Crippen MR) is 74.7 cm³/mol. The second-order valence-corrected chi connectivity index (χ2v) is 5.74. The smallest absolute Gasteiger partial charge is 0.103 e. The van der Waals surface area contributed by atoms with Crippen molar-refractivity contribution < 1.29 is 0 Å². The van der Waals surface area contributed by atoms with Crippen molar-refractivity contribution in [1.82, 2.24) is 4.98 Å². The maximum atomic E-state index is 4.77. The molecule has 0 bridgehead atoms. The Kier molecular flexibility index (Phi) is 3.63. The molecule has 2 aromatic rings. The van der Waals surface area contributed by atoms with Crippen molar-refractivity contribution in [3.8, 4) is 0 Å². The molecular formula is C15H19NS. The first-order chi connectivity index (χ1) is 8.14. The molecule has 0 unspecified atom stereocenters. The number of hydrogen-bond acceptors (Lipinski definition) is 2. The SMILES string of the molecule is CCCc1csc(C(C)(C)c2ccccc2)n1. The molecule has 0 saturated carbocycles. The third-order valence-electron chi connectivity index (χ3n) is 3.09. The fourth-order valence-corrected chi connectivity index (χ4v) is 2.94. The summed E-state index contributed by atoms with van der Waals surface area (Å²) in [6, 6.07) is 10.6. The standard InChI is InChI=1S/C15H19NS/c1-4-8-13-11-17-14(16-13)15(2,3)12-9-6-5-7-10-12/h5-7,9-11H,4,8H2,1-3H3. The van der Waals surface area contributed by atoms with Crippen LogP contribution in [0, 0.1) is 0 Å². The Hall–Kier alpha value is -1.15. The van der Waals surface area contributed by atoms with Crippen molar-refractivity contribution in [3.05, 3.63) is 52.0 Å². The molecule has 0 radical (unpaired) electrons. The molecule has 1 heterocycles. The number of nitrogens with zero attached hydrogens (tertiary/aromatic N) is 1. The van der Waals surface area contributed by atoms with Crippen molar-refractivity contribution in [1.29, 1.82) is 0 Å². The number of aromatic nitrogens is 1. The minimum absolute atomic E-state index is 0.0118. The Balaban J connectivity index is 2.31. The highest BCUT2D eigenvalue weighted by Gasteiger charge is 2.26. The lowest BCUT2D eigenvalue weighted by molar-refractivity contribution is 0.631. The topological polar surface area (TPSA) is 12.9 Å². The summed E-state index contributed by atoms with van der Waals surface area (Å²) in [6.45, 7) is 6.69. The average molecular weight is 245 g/mol. The van der Waals surface area contributed by atoms with Crippen molar-refractivity contribution >= 4 is 11.3 Å². The number of hydrogen-bond donors (Lipinski definition) is 0. The number of rotatable bonds is 4. The molecule has 1 nitrogen and oxygen atoms in total. The summed E-state index contributed by atoms with van der Waals surface area (Å²) >= 11 is 1.78. The van der Waals surface area contributed by atoms with Crippen LogP contribution in [0.3, 0.4) is 0 Å². The summed E-state index contributed by atoms with van der Waals surface area (Å²) in [5, 5.41) is 3.41. The maximum Gasteiger partial charge on any atom is 0.103 e. The van der Waals surface area contributed by atoms with E-state index in [0.29, 0.717) is 0 Å². The minimum atomic E-state index is 0.0118. The molecule has 2 rings (SSSR count). The fraction of sp³-hybridized carbons (Fsp3) is 0.400. The molecule has 0 spiro atoms. The Bertz CT molecular complexity index is 471. The zero-order chi connectivity index (χ0) is 12.3. The van der Waals surface area contributed by atoms with Gasteiger partial charge in [0.25, 0.3) is 0 Å². The third-order valence-corrected chi connectivity index (χ3v) is 4.30. The highest BCUT2D eigenvalue weighted by Crippen LogP contribution is 2.33. The van der Waals surface area contributed by atoms with E-state index in [9.17, 15) is 0 Å². The van der Waals surface area contributed by atoms with Crippen LogP contribution in [0.2, 0.25) is 0 Å².